The molecule has 1 radical (unpaired) electrons. The van der Waals surface area contributed by atoms with Gasteiger partial charge >= 0.3 is 17.1 Å². The van der Waals surface area contributed by atoms with E-state index in [-0.39, 0.29) is 33.5 Å². The van der Waals surface area contributed by atoms with Gasteiger partial charge in [-0.05, 0) is 0 Å². The van der Waals surface area contributed by atoms with E-state index in [1.165, 1.54) is 0 Å². The molecule has 0 atom stereocenters. The van der Waals surface area contributed by atoms with Crippen molar-refractivity contribution in [3.05, 3.63) is 0 Å². The third kappa shape index (κ3) is 5160. The number of hydrogen-bond acceptors (Lipinski definition) is 3. The van der Waals surface area contributed by atoms with Gasteiger partial charge in [0.1, 0.15) is 0 Å². The third-order valence-corrected chi connectivity index (χ3v) is 0. The second kappa shape index (κ2) is 184. The molecule has 0 aromatic carbocycles. The minimum atomic E-state index is -0.500. The van der Waals surface area contributed by atoms with Crippen LogP contribution in [-0.4, -0.2) is 22.9 Å². The first-order chi connectivity index (χ1) is 1.41. The SMILES string of the molecule is O.O.O=C[O-].[Cu+2].[OH-]. The van der Waals surface area contributed by atoms with Gasteiger partial charge in [-0.15, -0.1) is 0 Å². The maximum atomic E-state index is 8.25. The summed E-state index contributed by atoms with van der Waals surface area (Å²) in [6, 6.07) is 0. The van der Waals surface area contributed by atoms with Crippen LogP contribution >= 0.6 is 0 Å². The summed E-state index contributed by atoms with van der Waals surface area (Å²) in [5.74, 6) is 0. The van der Waals surface area contributed by atoms with Crippen LogP contribution in [0.4, 0.5) is 0 Å². The predicted octanol–water partition coefficient (Wildman–Crippen LogP) is -3.46. The molecule has 0 aliphatic heterocycles. The van der Waals surface area contributed by atoms with Gasteiger partial charge in [0.05, 0.1) is 0 Å². The summed E-state index contributed by atoms with van der Waals surface area (Å²) < 4.78 is 0. The summed E-state index contributed by atoms with van der Waals surface area (Å²) in [5, 5.41) is 8.25. The summed E-state index contributed by atoms with van der Waals surface area (Å²) in [7, 11) is 0. The molecule has 51 valence electrons. The molecule has 0 saturated heterocycles. The van der Waals surface area contributed by atoms with E-state index in [0.717, 1.165) is 0 Å². The van der Waals surface area contributed by atoms with Crippen molar-refractivity contribution in [1.29, 1.82) is 0 Å². The summed E-state index contributed by atoms with van der Waals surface area (Å²) in [5.41, 5.74) is 0. The number of rotatable bonds is 0. The van der Waals surface area contributed by atoms with Crippen LogP contribution in [0.1, 0.15) is 0 Å². The summed E-state index contributed by atoms with van der Waals surface area (Å²) in [6.07, 6.45) is 0. The zero-order chi connectivity index (χ0) is 2.71. The standard InChI is InChI=1S/CH2O2.Cu.3H2O/c2-1-3;;;;/h1H,(H,2,3);;3*1H2/q;+2;;;/p-2. The molecule has 0 aromatic heterocycles. The molecule has 0 bridgehead atoms. The fourth-order valence-electron chi connectivity index (χ4n) is 0. The van der Waals surface area contributed by atoms with Crippen molar-refractivity contribution in [3.8, 4) is 0 Å². The van der Waals surface area contributed by atoms with E-state index in [9.17, 15) is 0 Å². The largest absolute Gasteiger partial charge is 2.00 e. The molecule has 0 aliphatic carbocycles. The van der Waals surface area contributed by atoms with Gasteiger partial charge in [-0.3, -0.25) is 0 Å². The first-order valence-corrected chi connectivity index (χ1v) is 0.471. The molecule has 0 saturated carbocycles. The Morgan fingerprint density at radius 3 is 1.29 bits per heavy atom. The van der Waals surface area contributed by atoms with Gasteiger partial charge in [-0.1, -0.05) is 0 Å². The van der Waals surface area contributed by atoms with Crippen molar-refractivity contribution in [2.75, 3.05) is 0 Å². The van der Waals surface area contributed by atoms with Gasteiger partial charge in [-0.25, -0.2) is 0 Å². The maximum Gasteiger partial charge on any atom is 2.00 e. The monoisotopic (exact) mass is 161 g/mol. The Morgan fingerprint density at radius 2 is 1.29 bits per heavy atom. The number of carbonyl (C=O) groups excluding carboxylic acids is 1. The van der Waals surface area contributed by atoms with Crippen LogP contribution in [0, 0.1) is 0 Å². The van der Waals surface area contributed by atoms with Crippen molar-refractivity contribution in [2.45, 2.75) is 0 Å². The molecule has 0 fully saturated rings. The average molecular weight is 162 g/mol. The molecule has 6 heteroatoms. The zero-order valence-electron chi connectivity index (χ0n) is 3.14. The van der Waals surface area contributed by atoms with Crippen LogP contribution < -0.4 is 5.11 Å². The van der Waals surface area contributed by atoms with Crippen LogP contribution in [-0.2, 0) is 21.9 Å². The van der Waals surface area contributed by atoms with E-state index in [1.807, 2.05) is 0 Å². The molecule has 5 N–H and O–H groups in total. The second-order valence-electron chi connectivity index (χ2n) is 0.0962. The van der Waals surface area contributed by atoms with Crippen molar-refractivity contribution < 1.29 is 43.4 Å². The fourth-order valence-corrected chi connectivity index (χ4v) is 0. The Kier molecular flexibility index (Phi) is 1780. The summed E-state index contributed by atoms with van der Waals surface area (Å²) in [4.78, 5) is 8.25. The Bertz CT molecular complexity index is 15.6. The quantitative estimate of drug-likeness (QED) is 0.270. The average Bonchev–Trinajstić information content (AvgIpc) is 0.918. The first kappa shape index (κ1) is 67.7. The maximum absolute atomic E-state index is 8.25. The van der Waals surface area contributed by atoms with Gasteiger partial charge in [0.2, 0.25) is 0 Å². The van der Waals surface area contributed by atoms with Gasteiger partial charge < -0.3 is 26.3 Å². The molecular formula is CH6CuO5. The van der Waals surface area contributed by atoms with Crippen LogP contribution in [0.25, 0.3) is 0 Å². The first-order valence-electron chi connectivity index (χ1n) is 0.471. The van der Waals surface area contributed by atoms with Gasteiger partial charge in [0.15, 0.2) is 0 Å². The Labute approximate surface area is 50.7 Å². The molecule has 0 aliphatic rings. The normalized spacial score (nSPS) is 1.71. The minimum Gasteiger partial charge on any atom is -0.870 e. The Morgan fingerprint density at radius 1 is 1.29 bits per heavy atom. The molecule has 0 aromatic rings. The molecule has 0 amide bonds. The molecule has 0 heterocycles. The minimum absolute atomic E-state index is 0. The van der Waals surface area contributed by atoms with E-state index < -0.39 is 6.47 Å². The summed E-state index contributed by atoms with van der Waals surface area (Å²) >= 11 is 0. The molecule has 0 spiro atoms. The molecular weight excluding hydrogens is 156 g/mol. The van der Waals surface area contributed by atoms with E-state index >= 15 is 0 Å². The number of carbonyl (C=O) groups is 1. The predicted molar refractivity (Wildman–Crippen MR) is 15.2 cm³/mol. The van der Waals surface area contributed by atoms with Crippen LogP contribution in [0.5, 0.6) is 0 Å². The van der Waals surface area contributed by atoms with E-state index in [0.29, 0.717) is 0 Å². The van der Waals surface area contributed by atoms with Gasteiger partial charge in [-0.2, -0.15) is 0 Å². The Balaban J connectivity index is -0.00000000333. The van der Waals surface area contributed by atoms with E-state index in [1.54, 1.807) is 0 Å². The van der Waals surface area contributed by atoms with E-state index in [4.69, 9.17) is 9.90 Å². The summed E-state index contributed by atoms with van der Waals surface area (Å²) in [6.45, 7) is -0.500. The zero-order valence-corrected chi connectivity index (χ0v) is 4.08. The second-order valence-corrected chi connectivity index (χ2v) is 0.0962. The molecule has 0 unspecified atom stereocenters. The smallest absolute Gasteiger partial charge is 0.870 e. The van der Waals surface area contributed by atoms with Crippen LogP contribution in [0.2, 0.25) is 0 Å². The third-order valence-electron chi connectivity index (χ3n) is 0. The molecule has 5 nitrogen and oxygen atoms in total. The van der Waals surface area contributed by atoms with Gasteiger partial charge in [0.25, 0.3) is 0 Å². The topological polar surface area (TPSA) is 133 Å². The van der Waals surface area contributed by atoms with Crippen molar-refractivity contribution in [1.82, 2.24) is 0 Å². The fraction of sp³-hybridized carbons (Fsp3) is 0. The van der Waals surface area contributed by atoms with Crippen molar-refractivity contribution in [2.24, 2.45) is 0 Å². The Hall–Kier alpha value is -0.131. The molecule has 0 rings (SSSR count). The van der Waals surface area contributed by atoms with Crippen LogP contribution in [0.3, 0.4) is 0 Å². The van der Waals surface area contributed by atoms with Crippen molar-refractivity contribution >= 4 is 6.47 Å². The number of carboxylic acid groups (broad SMARTS) is 1. The number of hydrogen-bond donors (Lipinski definition) is 0. The van der Waals surface area contributed by atoms with Gasteiger partial charge in [0, 0.05) is 6.47 Å². The molecule has 7 heavy (non-hydrogen) atoms. The van der Waals surface area contributed by atoms with E-state index in [2.05, 4.69) is 0 Å². The van der Waals surface area contributed by atoms with Crippen LogP contribution in [0.15, 0.2) is 0 Å². The van der Waals surface area contributed by atoms with Crippen molar-refractivity contribution in [3.63, 3.8) is 0 Å².